The molecule has 0 bridgehead atoms. The molecule has 6 nitrogen and oxygen atoms in total. The first-order valence-corrected chi connectivity index (χ1v) is 20.4. The van der Waals surface area contributed by atoms with Crippen LogP contribution in [0.3, 0.4) is 0 Å². The van der Waals surface area contributed by atoms with Gasteiger partial charge in [-0.2, -0.15) is 0 Å². The molecule has 8 rings (SSSR count). The molecular weight excluding hydrogens is 721 g/mol. The molecule has 1 aliphatic carbocycles. The summed E-state index contributed by atoms with van der Waals surface area (Å²) in [6.45, 7) is 6.19. The molecule has 1 fully saturated rings. The van der Waals surface area contributed by atoms with Crippen molar-refractivity contribution in [3.8, 4) is 5.75 Å². The zero-order valence-corrected chi connectivity index (χ0v) is 33.0. The lowest BCUT2D eigenvalue weighted by Crippen LogP contribution is -2.58. The van der Waals surface area contributed by atoms with Crippen molar-refractivity contribution in [2.24, 2.45) is 0 Å². The van der Waals surface area contributed by atoms with Crippen molar-refractivity contribution in [1.82, 2.24) is 0 Å². The average molecular weight is 773 g/mol. The number of aryl methyl sites for hydroxylation is 2. The van der Waals surface area contributed by atoms with E-state index in [2.05, 4.69) is 91.5 Å². The molecule has 1 heterocycles. The molecule has 0 unspecified atom stereocenters. The molecule has 6 aromatic rings. The van der Waals surface area contributed by atoms with Gasteiger partial charge in [-0.05, 0) is 75.0 Å². The molecule has 5 atom stereocenters. The third-order valence-corrected chi connectivity index (χ3v) is 11.0. The Bertz CT molecular complexity index is 2170. The van der Waals surface area contributed by atoms with Crippen LogP contribution in [0.1, 0.15) is 56.2 Å². The van der Waals surface area contributed by atoms with Crippen LogP contribution in [0.25, 0.3) is 0 Å². The Morgan fingerprint density at radius 1 is 0.534 bits per heavy atom. The lowest BCUT2D eigenvalue weighted by molar-refractivity contribution is -0.275. The summed E-state index contributed by atoms with van der Waals surface area (Å²) in [6, 6.07) is 54.2. The Hall–Kier alpha value is -5.34. The first-order chi connectivity index (χ1) is 28.7. The Kier molecular flexibility index (Phi) is 13.5. The van der Waals surface area contributed by atoms with E-state index in [4.69, 9.17) is 28.4 Å². The van der Waals surface area contributed by atoms with E-state index in [0.29, 0.717) is 39.6 Å². The fraction of sp³-hybridized carbons (Fsp3) is 0.269. The molecule has 6 aromatic carbocycles. The van der Waals surface area contributed by atoms with Gasteiger partial charge in [-0.1, -0.05) is 158 Å². The van der Waals surface area contributed by atoms with Gasteiger partial charge in [0, 0.05) is 6.42 Å². The van der Waals surface area contributed by atoms with Gasteiger partial charge in [0.15, 0.2) is 0 Å². The van der Waals surface area contributed by atoms with E-state index >= 15 is 0 Å². The largest absolute Gasteiger partial charge is 0.489 e. The number of ether oxygens (including phenoxy) is 6. The molecule has 0 spiro atoms. The normalized spacial score (nSPS) is 19.8. The Labute approximate surface area is 343 Å². The summed E-state index contributed by atoms with van der Waals surface area (Å²) in [5.74, 6) is 0.826. The van der Waals surface area contributed by atoms with Gasteiger partial charge in [-0.25, -0.2) is 0 Å². The number of benzene rings is 6. The summed E-state index contributed by atoms with van der Waals surface area (Å²) >= 11 is 0. The maximum Gasteiger partial charge on any atom is 0.123 e. The second kappa shape index (κ2) is 19.9. The third-order valence-electron chi connectivity index (χ3n) is 11.0. The van der Waals surface area contributed by atoms with Crippen LogP contribution < -0.4 is 4.74 Å². The molecule has 1 saturated heterocycles. The number of rotatable bonds is 19. The minimum Gasteiger partial charge on any atom is -0.489 e. The van der Waals surface area contributed by atoms with Crippen molar-refractivity contribution < 1.29 is 28.4 Å². The molecule has 58 heavy (non-hydrogen) atoms. The molecule has 0 radical (unpaired) electrons. The summed E-state index contributed by atoms with van der Waals surface area (Å²) in [4.78, 5) is 0. The van der Waals surface area contributed by atoms with Crippen molar-refractivity contribution in [1.29, 1.82) is 0 Å². The first kappa shape index (κ1) is 39.5. The second-order valence-corrected chi connectivity index (χ2v) is 15.1. The fourth-order valence-corrected chi connectivity index (χ4v) is 7.84. The zero-order chi connectivity index (χ0) is 39.4. The fourth-order valence-electron chi connectivity index (χ4n) is 7.84. The predicted octanol–water partition coefficient (Wildman–Crippen LogP) is 10.4. The van der Waals surface area contributed by atoms with Crippen LogP contribution in [0.2, 0.25) is 0 Å². The van der Waals surface area contributed by atoms with Crippen LogP contribution in [0.5, 0.6) is 5.75 Å². The number of hydrogen-bond donors (Lipinski definition) is 0. The topological polar surface area (TPSA) is 55.4 Å². The van der Waals surface area contributed by atoms with E-state index in [1.807, 2.05) is 72.8 Å². The predicted molar refractivity (Wildman–Crippen MR) is 228 cm³/mol. The quantitative estimate of drug-likeness (QED) is 0.0765. The zero-order valence-electron chi connectivity index (χ0n) is 33.0. The summed E-state index contributed by atoms with van der Waals surface area (Å²) in [7, 11) is 0. The molecular formula is C52H52O6. The van der Waals surface area contributed by atoms with Crippen LogP contribution in [0.15, 0.2) is 170 Å². The van der Waals surface area contributed by atoms with Gasteiger partial charge < -0.3 is 28.4 Å². The second-order valence-electron chi connectivity index (χ2n) is 15.1. The molecule has 0 aromatic heterocycles. The van der Waals surface area contributed by atoms with Gasteiger partial charge in [-0.15, -0.1) is 0 Å². The molecule has 296 valence electrons. The molecule has 1 aliphatic heterocycles. The van der Waals surface area contributed by atoms with Crippen molar-refractivity contribution >= 4 is 0 Å². The summed E-state index contributed by atoms with van der Waals surface area (Å²) in [6.07, 6.45) is 2.20. The van der Waals surface area contributed by atoms with Gasteiger partial charge in [0.1, 0.15) is 42.9 Å². The third kappa shape index (κ3) is 10.2. The SMILES string of the molecule is C=CCOc1ccc([C@@H]2O[C@H](COCc3ccccc3)[C@@H](OCc3ccccc3)[C@H](OCc3ccccc3)[C@H]2OCc2ccccc2)cc1Cc1ccc2c(c1)CC2. The smallest absolute Gasteiger partial charge is 0.123 e. The van der Waals surface area contributed by atoms with Crippen molar-refractivity contribution in [2.45, 2.75) is 76.2 Å². The van der Waals surface area contributed by atoms with Crippen LogP contribution >= 0.6 is 0 Å². The summed E-state index contributed by atoms with van der Waals surface area (Å²) in [5, 5.41) is 0. The van der Waals surface area contributed by atoms with Gasteiger partial charge in [0.25, 0.3) is 0 Å². The Morgan fingerprint density at radius 2 is 1.09 bits per heavy atom. The van der Waals surface area contributed by atoms with Gasteiger partial charge in [0.05, 0.1) is 33.0 Å². The molecule has 0 N–H and O–H groups in total. The van der Waals surface area contributed by atoms with Crippen molar-refractivity contribution in [3.05, 3.63) is 220 Å². The van der Waals surface area contributed by atoms with Crippen LogP contribution in [0, 0.1) is 0 Å². The summed E-state index contributed by atoms with van der Waals surface area (Å²) in [5.41, 5.74) is 10.5. The number of fused-ring (bicyclic) bond motifs is 1. The highest BCUT2D eigenvalue weighted by Gasteiger charge is 2.49. The Balaban J connectivity index is 1.18. The van der Waals surface area contributed by atoms with Crippen LogP contribution in [-0.2, 0) is 69.4 Å². The lowest BCUT2D eigenvalue weighted by atomic mass is 9.85. The van der Waals surface area contributed by atoms with E-state index in [1.54, 1.807) is 6.08 Å². The summed E-state index contributed by atoms with van der Waals surface area (Å²) < 4.78 is 40.9. The first-order valence-electron chi connectivity index (χ1n) is 20.4. The molecule has 0 saturated carbocycles. The van der Waals surface area contributed by atoms with E-state index in [1.165, 1.54) is 16.7 Å². The maximum absolute atomic E-state index is 7.25. The minimum atomic E-state index is -0.542. The van der Waals surface area contributed by atoms with E-state index in [-0.39, 0.29) is 0 Å². The van der Waals surface area contributed by atoms with Crippen molar-refractivity contribution in [3.63, 3.8) is 0 Å². The van der Waals surface area contributed by atoms with E-state index in [9.17, 15) is 0 Å². The molecule has 2 aliphatic rings. The molecule has 0 amide bonds. The van der Waals surface area contributed by atoms with Crippen LogP contribution in [0.4, 0.5) is 0 Å². The monoisotopic (exact) mass is 772 g/mol. The highest BCUT2D eigenvalue weighted by atomic mass is 16.6. The molecule has 6 heteroatoms. The standard InChI is InChI=1S/C52H52O6/c1-2-29-54-47-28-27-45(32-46(47)31-42-23-24-43-25-26-44(43)30-42)49-51(56-35-40-19-11-5-12-20-40)52(57-36-41-21-13-6-14-22-41)50(55-34-39-17-9-4-10-18-39)48(58-49)37-53-33-38-15-7-3-8-16-38/h2-24,27-28,30,32,48-52H,1,25-26,29,31,33-37H2/t48-,49+,50-,51+,52+/m1/s1. The highest BCUT2D eigenvalue weighted by molar-refractivity contribution is 5.45. The van der Waals surface area contributed by atoms with E-state index < -0.39 is 30.5 Å². The average Bonchev–Trinajstić information content (AvgIpc) is 3.26. The van der Waals surface area contributed by atoms with Crippen molar-refractivity contribution in [2.75, 3.05) is 13.2 Å². The van der Waals surface area contributed by atoms with Crippen LogP contribution in [-0.4, -0.2) is 37.6 Å². The highest BCUT2D eigenvalue weighted by Crippen LogP contribution is 2.40. The maximum atomic E-state index is 7.25. The van der Waals surface area contributed by atoms with Gasteiger partial charge in [-0.3, -0.25) is 0 Å². The minimum absolute atomic E-state index is 0.296. The lowest BCUT2D eigenvalue weighted by Gasteiger charge is -2.46. The van der Waals surface area contributed by atoms with E-state index in [0.717, 1.165) is 58.4 Å². The number of hydrogen-bond acceptors (Lipinski definition) is 6. The van der Waals surface area contributed by atoms with Gasteiger partial charge >= 0.3 is 0 Å². The Morgan fingerprint density at radius 3 is 1.64 bits per heavy atom. The van der Waals surface area contributed by atoms with Gasteiger partial charge in [0.2, 0.25) is 0 Å².